The molecule has 1 heterocycles. The molecule has 5 nitrogen and oxygen atoms in total. The van der Waals surface area contributed by atoms with Gasteiger partial charge in [-0.3, -0.25) is 4.79 Å². The van der Waals surface area contributed by atoms with E-state index in [0.29, 0.717) is 24.7 Å². The van der Waals surface area contributed by atoms with Crippen molar-refractivity contribution in [2.24, 2.45) is 17.8 Å². The normalized spacial score (nSPS) is 35.8. The Kier molecular flexibility index (Phi) is 3.78. The number of nitrogens with zero attached hydrogens (tertiary/aromatic N) is 1. The molecule has 2 N–H and O–H groups in total. The van der Waals surface area contributed by atoms with Gasteiger partial charge < -0.3 is 15.3 Å². The van der Waals surface area contributed by atoms with Gasteiger partial charge in [-0.1, -0.05) is 13.8 Å². The zero-order chi connectivity index (χ0) is 13.3. The molecule has 0 aromatic rings. The van der Waals surface area contributed by atoms with Crippen LogP contribution < -0.4 is 5.32 Å². The number of likely N-dealkylation sites (tertiary alicyclic amines) is 1. The van der Waals surface area contributed by atoms with E-state index in [0.717, 1.165) is 19.5 Å². The van der Waals surface area contributed by atoms with Crippen molar-refractivity contribution in [2.75, 3.05) is 13.1 Å². The van der Waals surface area contributed by atoms with Gasteiger partial charge in [0.15, 0.2) is 0 Å². The van der Waals surface area contributed by atoms with Gasteiger partial charge in [-0.2, -0.15) is 0 Å². The predicted molar refractivity (Wildman–Crippen MR) is 67.2 cm³/mol. The van der Waals surface area contributed by atoms with E-state index in [4.69, 9.17) is 5.11 Å². The number of nitrogens with one attached hydrogen (secondary N) is 1. The number of carboxylic acid groups (broad SMARTS) is 1. The molecule has 2 fully saturated rings. The molecule has 1 saturated heterocycles. The van der Waals surface area contributed by atoms with Crippen LogP contribution in [0.4, 0.5) is 4.79 Å². The van der Waals surface area contributed by atoms with Gasteiger partial charge in [-0.25, -0.2) is 4.79 Å². The highest BCUT2D eigenvalue weighted by molar-refractivity contribution is 5.75. The van der Waals surface area contributed by atoms with E-state index in [2.05, 4.69) is 19.2 Å². The summed E-state index contributed by atoms with van der Waals surface area (Å²) in [5, 5.41) is 11.9. The van der Waals surface area contributed by atoms with Crippen molar-refractivity contribution < 1.29 is 14.7 Å². The molecular formula is C13H22N2O3. The second-order valence-electron chi connectivity index (χ2n) is 5.85. The van der Waals surface area contributed by atoms with Gasteiger partial charge in [0.25, 0.3) is 0 Å². The standard InChI is InChI=1S/C13H22N2O3/c1-8-6-15(7-9(8)2)13(18)14-11-4-3-10(5-11)12(16)17/h8-11H,3-7H2,1-2H3,(H,14,18)(H,16,17). The average Bonchev–Trinajstić information content (AvgIpc) is 2.87. The zero-order valence-electron chi connectivity index (χ0n) is 11.1. The third-order valence-corrected chi connectivity index (χ3v) is 4.38. The van der Waals surface area contributed by atoms with Gasteiger partial charge in [0.2, 0.25) is 0 Å². The third-order valence-electron chi connectivity index (χ3n) is 4.38. The molecule has 18 heavy (non-hydrogen) atoms. The molecule has 0 aromatic carbocycles. The summed E-state index contributed by atoms with van der Waals surface area (Å²) in [6.07, 6.45) is 2.02. The molecule has 0 bridgehead atoms. The lowest BCUT2D eigenvalue weighted by Crippen LogP contribution is -2.43. The number of carbonyl (C=O) groups excluding carboxylic acids is 1. The van der Waals surface area contributed by atoms with Crippen LogP contribution in [0.15, 0.2) is 0 Å². The zero-order valence-corrected chi connectivity index (χ0v) is 11.1. The van der Waals surface area contributed by atoms with Crippen LogP contribution in [-0.2, 0) is 4.79 Å². The quantitative estimate of drug-likeness (QED) is 0.785. The van der Waals surface area contributed by atoms with E-state index in [1.54, 1.807) is 0 Å². The molecule has 1 aliphatic heterocycles. The summed E-state index contributed by atoms with van der Waals surface area (Å²) in [7, 11) is 0. The van der Waals surface area contributed by atoms with E-state index in [9.17, 15) is 9.59 Å². The van der Waals surface area contributed by atoms with Crippen molar-refractivity contribution >= 4 is 12.0 Å². The molecule has 5 heteroatoms. The molecule has 4 unspecified atom stereocenters. The van der Waals surface area contributed by atoms with Crippen LogP contribution in [0.1, 0.15) is 33.1 Å². The number of urea groups is 1. The highest BCUT2D eigenvalue weighted by atomic mass is 16.4. The second-order valence-corrected chi connectivity index (χ2v) is 5.85. The van der Waals surface area contributed by atoms with Crippen molar-refractivity contribution in [1.82, 2.24) is 10.2 Å². The van der Waals surface area contributed by atoms with Crippen LogP contribution in [0.25, 0.3) is 0 Å². The van der Waals surface area contributed by atoms with Crippen LogP contribution >= 0.6 is 0 Å². The number of rotatable bonds is 2. The van der Waals surface area contributed by atoms with Gasteiger partial charge in [0.1, 0.15) is 0 Å². The van der Waals surface area contributed by atoms with Gasteiger partial charge in [0.05, 0.1) is 5.92 Å². The summed E-state index contributed by atoms with van der Waals surface area (Å²) in [4.78, 5) is 24.7. The van der Waals surface area contributed by atoms with Crippen LogP contribution in [-0.4, -0.2) is 41.1 Å². The van der Waals surface area contributed by atoms with Gasteiger partial charge in [-0.15, -0.1) is 0 Å². The van der Waals surface area contributed by atoms with E-state index in [-0.39, 0.29) is 18.0 Å². The fourth-order valence-corrected chi connectivity index (χ4v) is 2.90. The molecule has 2 rings (SSSR count). The summed E-state index contributed by atoms with van der Waals surface area (Å²) in [6.45, 7) is 5.94. The maximum absolute atomic E-state index is 12.0. The Bertz CT molecular complexity index is 335. The minimum absolute atomic E-state index is 0.0257. The lowest BCUT2D eigenvalue weighted by Gasteiger charge is -2.20. The lowest BCUT2D eigenvalue weighted by atomic mass is 10.0. The summed E-state index contributed by atoms with van der Waals surface area (Å²) < 4.78 is 0. The number of hydrogen-bond donors (Lipinski definition) is 2. The van der Waals surface area contributed by atoms with Crippen LogP contribution in [0.5, 0.6) is 0 Å². The van der Waals surface area contributed by atoms with Crippen molar-refractivity contribution in [1.29, 1.82) is 0 Å². The minimum atomic E-state index is -0.741. The Morgan fingerprint density at radius 3 is 2.28 bits per heavy atom. The van der Waals surface area contributed by atoms with Crippen LogP contribution in [0.2, 0.25) is 0 Å². The molecular weight excluding hydrogens is 232 g/mol. The van der Waals surface area contributed by atoms with E-state index in [1.807, 2.05) is 4.90 Å². The fraction of sp³-hybridized carbons (Fsp3) is 0.846. The molecule has 1 saturated carbocycles. The van der Waals surface area contributed by atoms with E-state index < -0.39 is 5.97 Å². The van der Waals surface area contributed by atoms with Crippen molar-refractivity contribution in [2.45, 2.75) is 39.2 Å². The Hall–Kier alpha value is -1.26. The number of carboxylic acids is 1. The monoisotopic (exact) mass is 254 g/mol. The summed E-state index contributed by atoms with van der Waals surface area (Å²) in [5.74, 6) is 0.0686. The maximum Gasteiger partial charge on any atom is 0.317 e. The molecule has 0 spiro atoms. The van der Waals surface area contributed by atoms with Crippen LogP contribution in [0, 0.1) is 17.8 Å². The van der Waals surface area contributed by atoms with Gasteiger partial charge in [0, 0.05) is 19.1 Å². The first kappa shape index (κ1) is 13.2. The van der Waals surface area contributed by atoms with Gasteiger partial charge >= 0.3 is 12.0 Å². The molecule has 0 aromatic heterocycles. The maximum atomic E-state index is 12.0. The highest BCUT2D eigenvalue weighted by Crippen LogP contribution is 2.27. The Labute approximate surface area is 108 Å². The topological polar surface area (TPSA) is 69.6 Å². The third kappa shape index (κ3) is 2.76. The molecule has 0 radical (unpaired) electrons. The molecule has 102 valence electrons. The number of amides is 2. The smallest absolute Gasteiger partial charge is 0.317 e. The first-order valence-electron chi connectivity index (χ1n) is 6.75. The first-order chi connectivity index (χ1) is 8.47. The predicted octanol–water partition coefficient (Wildman–Crippen LogP) is 1.54. The minimum Gasteiger partial charge on any atom is -0.481 e. The van der Waals surface area contributed by atoms with E-state index in [1.165, 1.54) is 0 Å². The average molecular weight is 254 g/mol. The second kappa shape index (κ2) is 5.16. The van der Waals surface area contributed by atoms with Crippen molar-refractivity contribution in [3.63, 3.8) is 0 Å². The Morgan fingerprint density at radius 2 is 1.78 bits per heavy atom. The first-order valence-corrected chi connectivity index (χ1v) is 6.75. The fourth-order valence-electron chi connectivity index (χ4n) is 2.90. The lowest BCUT2D eigenvalue weighted by molar-refractivity contribution is -0.141. The Morgan fingerprint density at radius 1 is 1.17 bits per heavy atom. The molecule has 4 atom stereocenters. The number of hydrogen-bond acceptors (Lipinski definition) is 2. The molecule has 2 amide bonds. The molecule has 1 aliphatic carbocycles. The molecule has 2 aliphatic rings. The van der Waals surface area contributed by atoms with Crippen molar-refractivity contribution in [3.05, 3.63) is 0 Å². The van der Waals surface area contributed by atoms with Gasteiger partial charge in [-0.05, 0) is 31.1 Å². The van der Waals surface area contributed by atoms with Crippen molar-refractivity contribution in [3.8, 4) is 0 Å². The largest absolute Gasteiger partial charge is 0.481 e. The van der Waals surface area contributed by atoms with Crippen LogP contribution in [0.3, 0.4) is 0 Å². The summed E-state index contributed by atoms with van der Waals surface area (Å²) >= 11 is 0. The highest BCUT2D eigenvalue weighted by Gasteiger charge is 2.34. The summed E-state index contributed by atoms with van der Waals surface area (Å²) in [6, 6.07) is 0.00653. The Balaban J connectivity index is 1.81. The number of aliphatic carboxylic acids is 1. The van der Waals surface area contributed by atoms with E-state index >= 15 is 0 Å². The number of carbonyl (C=O) groups is 2. The summed E-state index contributed by atoms with van der Waals surface area (Å²) in [5.41, 5.74) is 0. The SMILES string of the molecule is CC1CN(C(=O)NC2CCC(C(=O)O)C2)CC1C.